The molecule has 2 aromatic rings. The first-order valence-electron chi connectivity index (χ1n) is 8.09. The number of aliphatic imine (C=N–C) groups is 1. The molecule has 1 aliphatic rings. The summed E-state index contributed by atoms with van der Waals surface area (Å²) in [5.41, 5.74) is 1.50. The number of nitrogens with one attached hydrogen (secondary N) is 2. The second kappa shape index (κ2) is 8.17. The molecule has 1 aliphatic heterocycles. The first kappa shape index (κ1) is 16.1. The van der Waals surface area contributed by atoms with Crippen molar-refractivity contribution >= 4 is 17.3 Å². The van der Waals surface area contributed by atoms with E-state index in [-0.39, 0.29) is 0 Å². The van der Waals surface area contributed by atoms with E-state index in [1.807, 2.05) is 23.5 Å². The third-order valence-corrected chi connectivity index (χ3v) is 5.10. The standard InChI is InChI=1S/C17H24N4OS/c1-18-17(19-7-4-15-3-2-11-22-15)20-8-10-21-9-5-16-14(13-21)6-12-23-16/h2-3,6,11-12H,4-5,7-10,13H2,1H3,(H2,18,19,20). The minimum absolute atomic E-state index is 0.815. The van der Waals surface area contributed by atoms with Gasteiger partial charge in [-0.05, 0) is 35.6 Å². The third-order valence-electron chi connectivity index (χ3n) is 4.07. The molecule has 0 fully saturated rings. The summed E-state index contributed by atoms with van der Waals surface area (Å²) in [5, 5.41) is 8.91. The van der Waals surface area contributed by atoms with Gasteiger partial charge in [-0.3, -0.25) is 9.89 Å². The zero-order valence-electron chi connectivity index (χ0n) is 13.5. The lowest BCUT2D eigenvalue weighted by Gasteiger charge is -2.27. The molecule has 0 atom stereocenters. The summed E-state index contributed by atoms with van der Waals surface area (Å²) in [6, 6.07) is 6.17. The van der Waals surface area contributed by atoms with Crippen LogP contribution in [0.2, 0.25) is 0 Å². The maximum atomic E-state index is 5.33. The average molecular weight is 332 g/mol. The molecule has 5 nitrogen and oxygen atoms in total. The second-order valence-corrected chi connectivity index (χ2v) is 6.65. The van der Waals surface area contributed by atoms with Crippen molar-refractivity contribution in [1.82, 2.24) is 15.5 Å². The van der Waals surface area contributed by atoms with Crippen LogP contribution in [0, 0.1) is 0 Å². The van der Waals surface area contributed by atoms with Crippen molar-refractivity contribution in [1.29, 1.82) is 0 Å². The molecule has 0 unspecified atom stereocenters. The quantitative estimate of drug-likeness (QED) is 0.628. The first-order chi connectivity index (χ1) is 11.3. The zero-order chi connectivity index (χ0) is 15.9. The van der Waals surface area contributed by atoms with Crippen LogP contribution in [0.4, 0.5) is 0 Å². The highest BCUT2D eigenvalue weighted by Crippen LogP contribution is 2.23. The lowest BCUT2D eigenvalue weighted by molar-refractivity contribution is 0.260. The number of thiophene rings is 1. The Kier molecular flexibility index (Phi) is 5.71. The Morgan fingerprint density at radius 2 is 2.26 bits per heavy atom. The minimum Gasteiger partial charge on any atom is -0.469 e. The fourth-order valence-electron chi connectivity index (χ4n) is 2.81. The predicted molar refractivity (Wildman–Crippen MR) is 95.1 cm³/mol. The molecular weight excluding hydrogens is 308 g/mol. The van der Waals surface area contributed by atoms with Crippen LogP contribution < -0.4 is 10.6 Å². The van der Waals surface area contributed by atoms with E-state index < -0.39 is 0 Å². The lowest BCUT2D eigenvalue weighted by atomic mass is 10.1. The Hall–Kier alpha value is -1.79. The number of hydrogen-bond donors (Lipinski definition) is 2. The van der Waals surface area contributed by atoms with E-state index in [1.165, 1.54) is 12.0 Å². The van der Waals surface area contributed by atoms with Crippen LogP contribution in [0.25, 0.3) is 0 Å². The van der Waals surface area contributed by atoms with Gasteiger partial charge < -0.3 is 15.1 Å². The maximum Gasteiger partial charge on any atom is 0.191 e. The molecule has 3 rings (SSSR count). The Morgan fingerprint density at radius 3 is 3.09 bits per heavy atom. The topological polar surface area (TPSA) is 52.8 Å². The van der Waals surface area contributed by atoms with Crippen LogP contribution in [-0.4, -0.2) is 44.1 Å². The van der Waals surface area contributed by atoms with Gasteiger partial charge in [0.05, 0.1) is 6.26 Å². The number of rotatable bonds is 6. The lowest BCUT2D eigenvalue weighted by Crippen LogP contribution is -2.43. The Balaban J connectivity index is 1.34. The van der Waals surface area contributed by atoms with Gasteiger partial charge in [0.25, 0.3) is 0 Å². The highest BCUT2D eigenvalue weighted by Gasteiger charge is 2.16. The smallest absolute Gasteiger partial charge is 0.191 e. The molecule has 2 aromatic heterocycles. The van der Waals surface area contributed by atoms with Gasteiger partial charge in [0.1, 0.15) is 5.76 Å². The van der Waals surface area contributed by atoms with Gasteiger partial charge in [0.15, 0.2) is 5.96 Å². The highest BCUT2D eigenvalue weighted by molar-refractivity contribution is 7.10. The molecule has 0 radical (unpaired) electrons. The van der Waals surface area contributed by atoms with Crippen molar-refractivity contribution in [2.75, 3.05) is 33.2 Å². The van der Waals surface area contributed by atoms with E-state index >= 15 is 0 Å². The van der Waals surface area contributed by atoms with Crippen LogP contribution in [0.1, 0.15) is 16.2 Å². The fraction of sp³-hybridized carbons (Fsp3) is 0.471. The van der Waals surface area contributed by atoms with Crippen molar-refractivity contribution in [3.05, 3.63) is 46.0 Å². The molecule has 0 amide bonds. The van der Waals surface area contributed by atoms with Crippen LogP contribution in [0.15, 0.2) is 39.3 Å². The van der Waals surface area contributed by atoms with E-state index in [9.17, 15) is 0 Å². The van der Waals surface area contributed by atoms with Crippen LogP contribution >= 0.6 is 11.3 Å². The van der Waals surface area contributed by atoms with E-state index in [0.717, 1.165) is 50.9 Å². The molecule has 3 heterocycles. The summed E-state index contributed by atoms with van der Waals surface area (Å²) in [6.07, 6.45) is 3.75. The molecule has 0 aliphatic carbocycles. The van der Waals surface area contributed by atoms with Crippen molar-refractivity contribution < 1.29 is 4.42 Å². The van der Waals surface area contributed by atoms with E-state index in [1.54, 1.807) is 18.2 Å². The molecular formula is C17H24N4OS. The molecule has 0 spiro atoms. The molecule has 2 N–H and O–H groups in total. The van der Waals surface area contributed by atoms with Gasteiger partial charge in [0, 0.05) is 51.1 Å². The van der Waals surface area contributed by atoms with E-state index in [4.69, 9.17) is 4.42 Å². The van der Waals surface area contributed by atoms with Crippen molar-refractivity contribution in [3.63, 3.8) is 0 Å². The normalized spacial score (nSPS) is 15.4. The monoisotopic (exact) mass is 332 g/mol. The van der Waals surface area contributed by atoms with Gasteiger partial charge in [0.2, 0.25) is 0 Å². The van der Waals surface area contributed by atoms with Crippen LogP contribution in [0.5, 0.6) is 0 Å². The second-order valence-electron chi connectivity index (χ2n) is 5.65. The summed E-state index contributed by atoms with van der Waals surface area (Å²) in [5.74, 6) is 1.85. The summed E-state index contributed by atoms with van der Waals surface area (Å²) in [7, 11) is 1.81. The number of guanidine groups is 1. The molecule has 0 aromatic carbocycles. The van der Waals surface area contributed by atoms with E-state index in [2.05, 4.69) is 32.0 Å². The molecule has 0 bridgehead atoms. The van der Waals surface area contributed by atoms with Crippen molar-refractivity contribution in [2.24, 2.45) is 4.99 Å². The van der Waals surface area contributed by atoms with Gasteiger partial charge in [-0.25, -0.2) is 0 Å². The van der Waals surface area contributed by atoms with Crippen LogP contribution in [-0.2, 0) is 19.4 Å². The predicted octanol–water partition coefficient (Wildman–Crippen LogP) is 2.11. The number of nitrogens with zero attached hydrogens (tertiary/aromatic N) is 2. The number of fused-ring (bicyclic) bond motifs is 1. The fourth-order valence-corrected chi connectivity index (χ4v) is 3.70. The summed E-state index contributed by atoms with van der Waals surface area (Å²) >= 11 is 1.89. The number of hydrogen-bond acceptors (Lipinski definition) is 4. The average Bonchev–Trinajstić information content (AvgIpc) is 3.24. The SMILES string of the molecule is CN=C(NCCc1ccco1)NCCN1CCc2sccc2C1. The Bertz CT molecular complexity index is 620. The molecule has 23 heavy (non-hydrogen) atoms. The number of furan rings is 1. The Labute approximate surface area is 141 Å². The summed E-state index contributed by atoms with van der Waals surface area (Å²) in [4.78, 5) is 8.32. The van der Waals surface area contributed by atoms with E-state index in [0.29, 0.717) is 0 Å². The first-order valence-corrected chi connectivity index (χ1v) is 8.97. The molecule has 124 valence electrons. The molecule has 0 saturated carbocycles. The third kappa shape index (κ3) is 4.59. The van der Waals surface area contributed by atoms with Gasteiger partial charge in [-0.15, -0.1) is 11.3 Å². The summed E-state index contributed by atoms with van der Waals surface area (Å²) < 4.78 is 5.33. The highest BCUT2D eigenvalue weighted by atomic mass is 32.1. The largest absolute Gasteiger partial charge is 0.469 e. The zero-order valence-corrected chi connectivity index (χ0v) is 14.4. The Morgan fingerprint density at radius 1 is 1.35 bits per heavy atom. The minimum atomic E-state index is 0.815. The van der Waals surface area contributed by atoms with Gasteiger partial charge in [-0.1, -0.05) is 0 Å². The van der Waals surface area contributed by atoms with Gasteiger partial charge in [-0.2, -0.15) is 0 Å². The molecule has 0 saturated heterocycles. The van der Waals surface area contributed by atoms with Crippen LogP contribution in [0.3, 0.4) is 0 Å². The van der Waals surface area contributed by atoms with Gasteiger partial charge >= 0.3 is 0 Å². The molecule has 6 heteroatoms. The van der Waals surface area contributed by atoms with Crippen molar-refractivity contribution in [2.45, 2.75) is 19.4 Å². The maximum absolute atomic E-state index is 5.33. The summed E-state index contributed by atoms with van der Waals surface area (Å²) in [6.45, 7) is 4.98. The van der Waals surface area contributed by atoms with Crippen molar-refractivity contribution in [3.8, 4) is 0 Å².